The Morgan fingerprint density at radius 1 is 0.833 bits per heavy atom. The Morgan fingerprint density at radius 3 is 2.24 bits per heavy atom. The predicted octanol–water partition coefficient (Wildman–Crippen LogP) is 7.77. The third kappa shape index (κ3) is 6.90. The number of H-pyrrole nitrogens is 1. The predicted molar refractivity (Wildman–Crippen MR) is 179 cm³/mol. The molecule has 5 aromatic rings. The van der Waals surface area contributed by atoms with Crippen molar-refractivity contribution in [2.45, 2.75) is 13.1 Å². The van der Waals surface area contributed by atoms with Crippen molar-refractivity contribution >= 4 is 60.2 Å². The van der Waals surface area contributed by atoms with Crippen LogP contribution < -0.4 is 9.80 Å². The number of amides is 1. The Labute approximate surface area is 265 Å². The van der Waals surface area contributed by atoms with Gasteiger partial charge in [0.25, 0.3) is 5.91 Å². The van der Waals surface area contributed by atoms with E-state index in [9.17, 15) is 4.79 Å². The van der Waals surface area contributed by atoms with Gasteiger partial charge in [-0.15, -0.1) is 37.2 Å². The molecule has 1 amide bonds. The highest BCUT2D eigenvalue weighted by atomic mass is 35.5. The molecule has 0 bridgehead atoms. The average molecular weight is 623 g/mol. The van der Waals surface area contributed by atoms with Crippen LogP contribution in [0.4, 0.5) is 17.1 Å². The van der Waals surface area contributed by atoms with Crippen LogP contribution in [0.25, 0.3) is 11.1 Å². The lowest BCUT2D eigenvalue weighted by Crippen LogP contribution is -2.35. The molecule has 9 heteroatoms. The zero-order chi connectivity index (χ0) is 26.6. The van der Waals surface area contributed by atoms with Gasteiger partial charge in [-0.2, -0.15) is 0 Å². The van der Waals surface area contributed by atoms with Crippen molar-refractivity contribution in [3.05, 3.63) is 132 Å². The number of halogens is 3. The molecule has 218 valence electrons. The smallest absolute Gasteiger partial charge is 0.256 e. The van der Waals surface area contributed by atoms with Crippen LogP contribution in [0.15, 0.2) is 116 Å². The van der Waals surface area contributed by atoms with Gasteiger partial charge < -0.3 is 19.7 Å². The number of carbonyl (C=O) groups is 1. The third-order valence-electron chi connectivity index (χ3n) is 7.37. The van der Waals surface area contributed by atoms with Gasteiger partial charge in [-0.3, -0.25) is 4.79 Å². The van der Waals surface area contributed by atoms with Crippen LogP contribution >= 0.6 is 37.2 Å². The molecule has 0 fully saturated rings. The van der Waals surface area contributed by atoms with Crippen molar-refractivity contribution in [1.82, 2.24) is 14.9 Å². The number of nitrogens with zero attached hydrogens (tertiary/aromatic N) is 4. The molecule has 0 saturated carbocycles. The van der Waals surface area contributed by atoms with E-state index >= 15 is 0 Å². The second-order valence-corrected chi connectivity index (χ2v) is 9.85. The molecule has 6 rings (SSSR count). The maximum Gasteiger partial charge on any atom is 0.256 e. The van der Waals surface area contributed by atoms with Crippen LogP contribution in [-0.4, -0.2) is 40.9 Å². The SMILES string of the molecule is CN(c1ccccc1)c1ccccc1C(=O)N1CCN(Cc2cnc[nH]2)c2ccc(-c3ccccc3)cc2C1.Cl.Cl.Cl. The van der Waals surface area contributed by atoms with Crippen molar-refractivity contribution < 1.29 is 4.79 Å². The van der Waals surface area contributed by atoms with Gasteiger partial charge in [0, 0.05) is 44.3 Å². The molecule has 0 saturated heterocycles. The molecule has 0 spiro atoms. The number of imidazole rings is 1. The fourth-order valence-electron chi connectivity index (χ4n) is 5.30. The lowest BCUT2D eigenvalue weighted by atomic mass is 10.0. The molecule has 2 heterocycles. The lowest BCUT2D eigenvalue weighted by Gasteiger charge is -2.26. The number of aromatic nitrogens is 2. The topological polar surface area (TPSA) is 55.5 Å². The van der Waals surface area contributed by atoms with E-state index in [0.717, 1.165) is 46.0 Å². The molecule has 1 aliphatic rings. The maximum absolute atomic E-state index is 14.2. The van der Waals surface area contributed by atoms with E-state index in [1.807, 2.05) is 66.7 Å². The van der Waals surface area contributed by atoms with Gasteiger partial charge in [-0.1, -0.05) is 66.7 Å². The highest BCUT2D eigenvalue weighted by Crippen LogP contribution is 2.33. The number of para-hydroxylation sites is 2. The van der Waals surface area contributed by atoms with Gasteiger partial charge in [0.1, 0.15) is 0 Å². The summed E-state index contributed by atoms with van der Waals surface area (Å²) in [5.74, 6) is 0.0350. The number of nitrogens with one attached hydrogen (secondary N) is 1. The summed E-state index contributed by atoms with van der Waals surface area (Å²) in [4.78, 5) is 28.0. The van der Waals surface area contributed by atoms with Crippen molar-refractivity contribution in [1.29, 1.82) is 0 Å². The maximum atomic E-state index is 14.2. The van der Waals surface area contributed by atoms with E-state index in [2.05, 4.69) is 74.4 Å². The largest absolute Gasteiger partial charge is 0.364 e. The molecule has 1 aromatic heterocycles. The molecule has 0 aliphatic carbocycles. The Morgan fingerprint density at radius 2 is 1.52 bits per heavy atom. The van der Waals surface area contributed by atoms with Crippen LogP contribution in [0.5, 0.6) is 0 Å². The van der Waals surface area contributed by atoms with Crippen molar-refractivity contribution in [3.63, 3.8) is 0 Å². The van der Waals surface area contributed by atoms with Gasteiger partial charge in [0.15, 0.2) is 0 Å². The number of hydrogen-bond donors (Lipinski definition) is 1. The number of rotatable bonds is 6. The second kappa shape index (κ2) is 14.8. The molecule has 6 nitrogen and oxygen atoms in total. The molecular weight excluding hydrogens is 589 g/mol. The van der Waals surface area contributed by atoms with E-state index < -0.39 is 0 Å². The molecule has 0 radical (unpaired) electrons. The first kappa shape index (κ1) is 32.5. The number of hydrogen-bond acceptors (Lipinski definition) is 4. The summed E-state index contributed by atoms with van der Waals surface area (Å²) in [5, 5.41) is 0. The first-order valence-electron chi connectivity index (χ1n) is 13.2. The first-order valence-corrected chi connectivity index (χ1v) is 13.2. The minimum absolute atomic E-state index is 0. The lowest BCUT2D eigenvalue weighted by molar-refractivity contribution is 0.0752. The zero-order valence-corrected chi connectivity index (χ0v) is 25.7. The van der Waals surface area contributed by atoms with Crippen LogP contribution in [0.3, 0.4) is 0 Å². The summed E-state index contributed by atoms with van der Waals surface area (Å²) < 4.78 is 0. The Kier molecular flexibility index (Phi) is 11.5. The minimum atomic E-state index is 0. The van der Waals surface area contributed by atoms with Crippen molar-refractivity contribution in [2.24, 2.45) is 0 Å². The third-order valence-corrected chi connectivity index (χ3v) is 7.37. The van der Waals surface area contributed by atoms with Crippen molar-refractivity contribution in [2.75, 3.05) is 29.9 Å². The number of carbonyl (C=O) groups excluding carboxylic acids is 1. The fourth-order valence-corrected chi connectivity index (χ4v) is 5.30. The van der Waals surface area contributed by atoms with E-state index in [0.29, 0.717) is 25.2 Å². The number of benzene rings is 4. The van der Waals surface area contributed by atoms with E-state index in [-0.39, 0.29) is 43.1 Å². The molecule has 1 N–H and O–H groups in total. The van der Waals surface area contributed by atoms with E-state index in [4.69, 9.17) is 0 Å². The number of anilines is 3. The van der Waals surface area contributed by atoms with Crippen LogP contribution in [0.2, 0.25) is 0 Å². The zero-order valence-electron chi connectivity index (χ0n) is 23.2. The monoisotopic (exact) mass is 621 g/mol. The summed E-state index contributed by atoms with van der Waals surface area (Å²) in [7, 11) is 2.01. The van der Waals surface area contributed by atoms with Crippen LogP contribution in [0, 0.1) is 0 Å². The van der Waals surface area contributed by atoms with Gasteiger partial charge in [0.2, 0.25) is 0 Å². The first-order chi connectivity index (χ1) is 19.2. The quantitative estimate of drug-likeness (QED) is 0.210. The van der Waals surface area contributed by atoms with E-state index in [1.54, 1.807) is 6.33 Å². The summed E-state index contributed by atoms with van der Waals surface area (Å²) in [6.07, 6.45) is 3.57. The highest BCUT2D eigenvalue weighted by molar-refractivity contribution is 6.00. The van der Waals surface area contributed by atoms with Crippen LogP contribution in [-0.2, 0) is 13.1 Å². The van der Waals surface area contributed by atoms with Gasteiger partial charge in [-0.05, 0) is 53.1 Å². The second-order valence-electron chi connectivity index (χ2n) is 9.85. The highest BCUT2D eigenvalue weighted by Gasteiger charge is 2.26. The summed E-state index contributed by atoms with van der Waals surface area (Å²) in [6.45, 7) is 2.58. The average Bonchev–Trinajstić information content (AvgIpc) is 3.45. The van der Waals surface area contributed by atoms with Gasteiger partial charge in [-0.25, -0.2) is 4.98 Å². The molecule has 4 aromatic carbocycles. The molecule has 1 aliphatic heterocycles. The standard InChI is InChI=1S/C33H31N5O.3ClH/c1-36(29-12-6-3-7-13-29)32-15-9-8-14-30(32)33(39)38-19-18-37(23-28-21-34-24-35-28)31-17-16-26(20-27(31)22-38)25-10-4-2-5-11-25;;;/h2-17,20-21,24H,18-19,22-23H2,1H3,(H,34,35);3*1H. The van der Waals surface area contributed by atoms with E-state index in [1.165, 1.54) is 0 Å². The van der Waals surface area contributed by atoms with Crippen molar-refractivity contribution in [3.8, 4) is 11.1 Å². The van der Waals surface area contributed by atoms with Gasteiger partial charge in [0.05, 0.1) is 29.8 Å². The number of fused-ring (bicyclic) bond motifs is 1. The number of aromatic amines is 1. The Balaban J connectivity index is 0.00000161. The van der Waals surface area contributed by atoms with Gasteiger partial charge >= 0.3 is 0 Å². The summed E-state index contributed by atoms with van der Waals surface area (Å²) in [5.41, 5.74) is 8.27. The minimum Gasteiger partial charge on any atom is -0.364 e. The fraction of sp³-hybridized carbons (Fsp3) is 0.152. The molecular formula is C33H34Cl3N5O. The Bertz CT molecular complexity index is 1570. The molecule has 0 unspecified atom stereocenters. The molecule has 42 heavy (non-hydrogen) atoms. The van der Waals surface area contributed by atoms with Crippen LogP contribution in [0.1, 0.15) is 21.6 Å². The molecule has 0 atom stereocenters. The normalized spacial score (nSPS) is 12.1. The Hall–Kier alpha value is -3.97. The summed E-state index contributed by atoms with van der Waals surface area (Å²) >= 11 is 0. The summed E-state index contributed by atoms with van der Waals surface area (Å²) in [6, 6.07) is 35.0.